The van der Waals surface area contributed by atoms with E-state index in [1.54, 1.807) is 13.2 Å². The largest absolute Gasteiger partial charge is 0.493 e. The smallest absolute Gasteiger partial charge is 0.262 e. The number of fused-ring (bicyclic) bond motifs is 1. The molecule has 140 valence electrons. The molecule has 5 nitrogen and oxygen atoms in total. The fraction of sp³-hybridized carbons (Fsp3) is 0.333. The number of nitrogens with one attached hydrogen (secondary N) is 1. The van der Waals surface area contributed by atoms with Gasteiger partial charge in [-0.2, -0.15) is 5.26 Å². The van der Waals surface area contributed by atoms with E-state index in [1.165, 1.54) is 16.2 Å². The van der Waals surface area contributed by atoms with Crippen molar-refractivity contribution >= 4 is 28.3 Å². The van der Waals surface area contributed by atoms with Crippen LogP contribution in [-0.4, -0.2) is 19.6 Å². The number of nitrogens with zero attached hydrogens (tertiary/aromatic N) is 1. The molecule has 0 unspecified atom stereocenters. The van der Waals surface area contributed by atoms with Crippen molar-refractivity contribution in [3.63, 3.8) is 0 Å². The summed E-state index contributed by atoms with van der Waals surface area (Å²) in [4.78, 5) is 13.6. The molecule has 3 rings (SSSR count). The Hall–Kier alpha value is -2.78. The predicted octanol–water partition coefficient (Wildman–Crippen LogP) is 4.56. The van der Waals surface area contributed by atoms with Crippen LogP contribution in [0.2, 0.25) is 0 Å². The van der Waals surface area contributed by atoms with Gasteiger partial charge >= 0.3 is 0 Å². The molecule has 0 spiro atoms. The molecule has 2 aromatic rings. The highest BCUT2D eigenvalue weighted by atomic mass is 32.1. The average Bonchev–Trinajstić information content (AvgIpc) is 3.03. The first-order chi connectivity index (χ1) is 13.2. The predicted molar refractivity (Wildman–Crippen MR) is 108 cm³/mol. The zero-order valence-corrected chi connectivity index (χ0v) is 16.3. The molecule has 0 aliphatic heterocycles. The normalized spacial score (nSPS) is 13.1. The van der Waals surface area contributed by atoms with Crippen LogP contribution in [0.25, 0.3) is 6.08 Å². The summed E-state index contributed by atoms with van der Waals surface area (Å²) in [6, 6.07) is 7.79. The van der Waals surface area contributed by atoms with Crippen LogP contribution >= 0.6 is 11.3 Å². The van der Waals surface area contributed by atoms with Gasteiger partial charge in [-0.3, -0.25) is 4.79 Å². The molecule has 1 heterocycles. The number of hydrogen-bond donors (Lipinski definition) is 1. The van der Waals surface area contributed by atoms with Crippen LogP contribution in [0.3, 0.4) is 0 Å². The average molecular weight is 382 g/mol. The summed E-state index contributed by atoms with van der Waals surface area (Å²) in [6.45, 7) is 1.80. The second kappa shape index (κ2) is 8.74. The monoisotopic (exact) mass is 382 g/mol. The van der Waals surface area contributed by atoms with E-state index >= 15 is 0 Å². The van der Waals surface area contributed by atoms with Gasteiger partial charge in [-0.15, -0.1) is 11.3 Å². The zero-order valence-electron chi connectivity index (χ0n) is 15.5. The van der Waals surface area contributed by atoms with E-state index in [0.717, 1.165) is 36.8 Å². The van der Waals surface area contributed by atoms with E-state index in [1.807, 2.05) is 31.2 Å². The first-order valence-electron chi connectivity index (χ1n) is 8.94. The second-order valence-corrected chi connectivity index (χ2v) is 7.38. The van der Waals surface area contributed by atoms with Crippen molar-refractivity contribution in [3.05, 3.63) is 45.8 Å². The van der Waals surface area contributed by atoms with Crippen molar-refractivity contribution in [2.24, 2.45) is 0 Å². The van der Waals surface area contributed by atoms with Crippen molar-refractivity contribution in [1.29, 1.82) is 5.26 Å². The highest BCUT2D eigenvalue weighted by molar-refractivity contribution is 7.16. The van der Waals surface area contributed by atoms with Crippen LogP contribution in [-0.2, 0) is 17.6 Å². The minimum Gasteiger partial charge on any atom is -0.493 e. The number of anilines is 1. The minimum absolute atomic E-state index is 0.146. The molecule has 0 saturated carbocycles. The van der Waals surface area contributed by atoms with Gasteiger partial charge in [0.1, 0.15) is 11.1 Å². The van der Waals surface area contributed by atoms with Crippen molar-refractivity contribution in [3.8, 4) is 17.6 Å². The maximum absolute atomic E-state index is 12.3. The number of methoxy groups -OCH3 is 1. The van der Waals surface area contributed by atoms with E-state index in [4.69, 9.17) is 9.47 Å². The lowest BCUT2D eigenvalue weighted by atomic mass is 9.96. The number of ether oxygens (including phenoxy) is 2. The van der Waals surface area contributed by atoms with Gasteiger partial charge in [-0.05, 0) is 55.9 Å². The van der Waals surface area contributed by atoms with Gasteiger partial charge < -0.3 is 14.8 Å². The molecule has 0 radical (unpaired) electrons. The number of hydrogen-bond acceptors (Lipinski definition) is 5. The number of thiophene rings is 1. The maximum atomic E-state index is 12.3. The van der Waals surface area contributed by atoms with Crippen LogP contribution in [0, 0.1) is 11.3 Å². The van der Waals surface area contributed by atoms with Crippen LogP contribution in [0.15, 0.2) is 24.3 Å². The molecule has 27 heavy (non-hydrogen) atoms. The summed E-state index contributed by atoms with van der Waals surface area (Å²) < 4.78 is 11.0. The van der Waals surface area contributed by atoms with Gasteiger partial charge in [0.05, 0.1) is 12.7 Å². The Balaban J connectivity index is 1.67. The van der Waals surface area contributed by atoms with E-state index in [9.17, 15) is 10.1 Å². The van der Waals surface area contributed by atoms with Gasteiger partial charge in [0, 0.05) is 4.88 Å². The van der Waals surface area contributed by atoms with Gasteiger partial charge in [-0.25, -0.2) is 0 Å². The first kappa shape index (κ1) is 19.0. The van der Waals surface area contributed by atoms with Crippen LogP contribution in [0.5, 0.6) is 11.5 Å². The molecule has 0 atom stereocenters. The third-order valence-electron chi connectivity index (χ3n) is 4.44. The Morgan fingerprint density at radius 1 is 1.33 bits per heavy atom. The molecular formula is C21H22N2O3S. The molecule has 0 saturated heterocycles. The third kappa shape index (κ3) is 4.32. The fourth-order valence-electron chi connectivity index (χ4n) is 3.18. The summed E-state index contributed by atoms with van der Waals surface area (Å²) >= 11 is 1.51. The fourth-order valence-corrected chi connectivity index (χ4v) is 4.43. The number of amides is 1. The lowest BCUT2D eigenvalue weighted by molar-refractivity contribution is -0.118. The van der Waals surface area contributed by atoms with Crippen molar-refractivity contribution in [1.82, 2.24) is 0 Å². The molecule has 6 heteroatoms. The molecule has 1 aliphatic rings. The second-order valence-electron chi connectivity index (χ2n) is 6.27. The molecule has 1 aliphatic carbocycles. The van der Waals surface area contributed by atoms with Crippen LogP contribution < -0.4 is 14.8 Å². The molecule has 0 bridgehead atoms. The number of benzene rings is 1. The summed E-state index contributed by atoms with van der Waals surface area (Å²) in [5.74, 6) is 0.791. The van der Waals surface area contributed by atoms with Gasteiger partial charge in [0.2, 0.25) is 0 Å². The van der Waals surface area contributed by atoms with E-state index in [0.29, 0.717) is 22.1 Å². The standard InChI is InChI=1S/C21H22N2O3S/c1-3-6-14-9-10-17(18(11-14)25-2)26-13-20(24)23-21-16(12-22)15-7-4-5-8-19(15)27-21/h3,6,9-11H,4-5,7-8,13H2,1-2H3,(H,23,24)/b6-3+. The minimum atomic E-state index is -0.287. The number of rotatable bonds is 6. The first-order valence-corrected chi connectivity index (χ1v) is 9.76. The topological polar surface area (TPSA) is 71.3 Å². The van der Waals surface area contributed by atoms with Crippen molar-refractivity contribution < 1.29 is 14.3 Å². The lowest BCUT2D eigenvalue weighted by Crippen LogP contribution is -2.20. The van der Waals surface area contributed by atoms with Crippen LogP contribution in [0.4, 0.5) is 5.00 Å². The van der Waals surface area contributed by atoms with E-state index in [-0.39, 0.29) is 12.5 Å². The van der Waals surface area contributed by atoms with Crippen molar-refractivity contribution in [2.45, 2.75) is 32.6 Å². The number of carbonyl (C=O) groups is 1. The molecule has 0 fully saturated rings. The maximum Gasteiger partial charge on any atom is 0.262 e. The Morgan fingerprint density at radius 2 is 2.15 bits per heavy atom. The quantitative estimate of drug-likeness (QED) is 0.795. The highest BCUT2D eigenvalue weighted by Crippen LogP contribution is 2.37. The SMILES string of the molecule is C/C=C/c1ccc(OCC(=O)Nc2sc3c(c2C#N)CCCC3)c(OC)c1. The highest BCUT2D eigenvalue weighted by Gasteiger charge is 2.22. The van der Waals surface area contributed by atoms with E-state index in [2.05, 4.69) is 11.4 Å². The van der Waals surface area contributed by atoms with Gasteiger partial charge in [-0.1, -0.05) is 18.2 Å². The summed E-state index contributed by atoms with van der Waals surface area (Å²) in [6.07, 6.45) is 8.03. The molecule has 1 aromatic carbocycles. The summed E-state index contributed by atoms with van der Waals surface area (Å²) in [7, 11) is 1.57. The summed E-state index contributed by atoms with van der Waals surface area (Å²) in [5, 5.41) is 12.9. The number of nitriles is 1. The Morgan fingerprint density at radius 3 is 2.89 bits per heavy atom. The number of allylic oxidation sites excluding steroid dienone is 1. The zero-order chi connectivity index (χ0) is 19.2. The number of aryl methyl sites for hydroxylation is 1. The molecule has 1 aromatic heterocycles. The summed E-state index contributed by atoms with van der Waals surface area (Å²) in [5.41, 5.74) is 2.71. The van der Waals surface area contributed by atoms with Gasteiger partial charge in [0.25, 0.3) is 5.91 Å². The third-order valence-corrected chi connectivity index (χ3v) is 5.65. The van der Waals surface area contributed by atoms with E-state index < -0.39 is 0 Å². The van der Waals surface area contributed by atoms with Crippen molar-refractivity contribution in [2.75, 3.05) is 19.0 Å². The Kier molecular flexibility index (Phi) is 6.15. The van der Waals surface area contributed by atoms with Crippen LogP contribution in [0.1, 0.15) is 41.3 Å². The van der Waals surface area contributed by atoms with Gasteiger partial charge in [0.15, 0.2) is 18.1 Å². The molecular weight excluding hydrogens is 360 g/mol. The lowest BCUT2D eigenvalue weighted by Gasteiger charge is -2.11. The Labute approximate surface area is 163 Å². The molecule has 1 amide bonds. The molecule has 1 N–H and O–H groups in total. The Bertz CT molecular complexity index is 909. The number of carbonyl (C=O) groups excluding carboxylic acids is 1.